The summed E-state index contributed by atoms with van der Waals surface area (Å²) in [4.78, 5) is 38.1. The van der Waals surface area contributed by atoms with Crippen molar-refractivity contribution in [2.24, 2.45) is 0 Å². The summed E-state index contributed by atoms with van der Waals surface area (Å²) in [6.45, 7) is 2.24. The van der Waals surface area contributed by atoms with Crippen molar-refractivity contribution >= 4 is 27.9 Å². The highest BCUT2D eigenvalue weighted by atomic mass is 16.5. The van der Waals surface area contributed by atoms with Gasteiger partial charge in [0.2, 0.25) is 0 Å². The molecule has 0 aliphatic heterocycles. The van der Waals surface area contributed by atoms with Gasteiger partial charge in [0.05, 0.1) is 32.0 Å². The molecule has 0 bridgehead atoms. The molecule has 0 atom stereocenters. The monoisotopic (exact) mass is 514 g/mol. The van der Waals surface area contributed by atoms with E-state index in [0.29, 0.717) is 45.8 Å². The first-order valence-electron chi connectivity index (χ1n) is 11.6. The van der Waals surface area contributed by atoms with Crippen LogP contribution in [0.3, 0.4) is 0 Å². The molecule has 0 N–H and O–H groups in total. The predicted octanol–water partition coefficient (Wildman–Crippen LogP) is 5.20. The van der Waals surface area contributed by atoms with E-state index < -0.39 is 17.2 Å². The summed E-state index contributed by atoms with van der Waals surface area (Å²) in [7, 11) is 2.96. The molecule has 9 heteroatoms. The summed E-state index contributed by atoms with van der Waals surface area (Å²) >= 11 is 0. The minimum absolute atomic E-state index is 0.132. The fraction of sp³-hybridized carbons (Fsp3) is 0.138. The molecule has 9 nitrogen and oxygen atoms in total. The zero-order chi connectivity index (χ0) is 26.8. The zero-order valence-corrected chi connectivity index (χ0v) is 20.7. The average Bonchev–Trinajstić information content (AvgIpc) is 2.92. The molecule has 0 saturated carbocycles. The van der Waals surface area contributed by atoms with E-state index in [1.807, 2.05) is 6.92 Å². The number of para-hydroxylation sites is 1. The molecular formula is C29H22O9. The molecule has 0 spiro atoms. The molecule has 2 aromatic heterocycles. The van der Waals surface area contributed by atoms with Gasteiger partial charge in [0.1, 0.15) is 11.3 Å². The maximum absolute atomic E-state index is 13.0. The maximum Gasteiger partial charge on any atom is 0.344 e. The van der Waals surface area contributed by atoms with Crippen molar-refractivity contribution in [2.45, 2.75) is 6.92 Å². The normalized spacial score (nSPS) is 10.9. The highest BCUT2D eigenvalue weighted by molar-refractivity contribution is 5.97. The van der Waals surface area contributed by atoms with Gasteiger partial charge in [0.15, 0.2) is 22.8 Å². The molecule has 0 radical (unpaired) electrons. The number of carbonyl (C=O) groups excluding carboxylic acids is 1. The largest absolute Gasteiger partial charge is 0.493 e. The lowest BCUT2D eigenvalue weighted by molar-refractivity contribution is 0.0734. The van der Waals surface area contributed by atoms with Crippen molar-refractivity contribution in [1.29, 1.82) is 0 Å². The second kappa shape index (κ2) is 10.1. The number of hydrogen-bond donors (Lipinski definition) is 0. The van der Waals surface area contributed by atoms with Gasteiger partial charge >= 0.3 is 17.2 Å². The Morgan fingerprint density at radius 3 is 2.39 bits per heavy atom. The van der Waals surface area contributed by atoms with Crippen molar-refractivity contribution < 1.29 is 32.6 Å². The lowest BCUT2D eigenvalue weighted by atomic mass is 10.0. The topological polar surface area (TPSA) is 114 Å². The van der Waals surface area contributed by atoms with Gasteiger partial charge in [-0.25, -0.2) is 14.4 Å². The van der Waals surface area contributed by atoms with E-state index in [1.165, 1.54) is 32.4 Å². The van der Waals surface area contributed by atoms with E-state index >= 15 is 0 Å². The van der Waals surface area contributed by atoms with Crippen LogP contribution in [0.2, 0.25) is 0 Å². The first kappa shape index (κ1) is 24.6. The van der Waals surface area contributed by atoms with Gasteiger partial charge in [-0.2, -0.15) is 0 Å². The Labute approximate surface area is 215 Å². The van der Waals surface area contributed by atoms with Gasteiger partial charge < -0.3 is 27.8 Å². The number of hydrogen-bond acceptors (Lipinski definition) is 9. The molecule has 0 aliphatic carbocycles. The Morgan fingerprint density at radius 2 is 1.63 bits per heavy atom. The third kappa shape index (κ3) is 4.57. The van der Waals surface area contributed by atoms with Crippen LogP contribution in [0, 0.1) is 0 Å². The summed E-state index contributed by atoms with van der Waals surface area (Å²) < 4.78 is 32.4. The van der Waals surface area contributed by atoms with Crippen molar-refractivity contribution in [3.8, 4) is 34.1 Å². The highest BCUT2D eigenvalue weighted by Crippen LogP contribution is 2.32. The molecule has 38 heavy (non-hydrogen) atoms. The molecule has 2 heterocycles. The van der Waals surface area contributed by atoms with E-state index in [-0.39, 0.29) is 22.5 Å². The number of esters is 1. The molecule has 5 rings (SSSR count). The number of fused-ring (bicyclic) bond motifs is 2. The Bertz CT molecular complexity index is 1800. The fourth-order valence-electron chi connectivity index (χ4n) is 4.13. The number of ether oxygens (including phenoxy) is 4. The predicted molar refractivity (Wildman–Crippen MR) is 140 cm³/mol. The quantitative estimate of drug-likeness (QED) is 0.164. The minimum atomic E-state index is -0.682. The van der Waals surface area contributed by atoms with Crippen LogP contribution in [0.1, 0.15) is 17.3 Å². The van der Waals surface area contributed by atoms with Crippen molar-refractivity contribution in [1.82, 2.24) is 0 Å². The average molecular weight is 514 g/mol. The summed E-state index contributed by atoms with van der Waals surface area (Å²) in [5.74, 6) is 0.788. The van der Waals surface area contributed by atoms with Crippen LogP contribution in [-0.4, -0.2) is 26.8 Å². The van der Waals surface area contributed by atoms with Crippen LogP contribution >= 0.6 is 0 Å². The van der Waals surface area contributed by atoms with Crippen LogP contribution < -0.4 is 30.2 Å². The van der Waals surface area contributed by atoms with Crippen LogP contribution in [0.15, 0.2) is 85.2 Å². The first-order chi connectivity index (χ1) is 18.4. The number of rotatable bonds is 7. The molecule has 0 saturated heterocycles. The Morgan fingerprint density at radius 1 is 0.816 bits per heavy atom. The van der Waals surface area contributed by atoms with Crippen molar-refractivity contribution in [3.63, 3.8) is 0 Å². The molecule has 0 fully saturated rings. The van der Waals surface area contributed by atoms with E-state index in [4.69, 9.17) is 27.8 Å². The first-order valence-corrected chi connectivity index (χ1v) is 11.6. The fourth-order valence-corrected chi connectivity index (χ4v) is 4.13. The smallest absolute Gasteiger partial charge is 0.344 e. The number of carbonyl (C=O) groups is 1. The maximum atomic E-state index is 13.0. The lowest BCUT2D eigenvalue weighted by Crippen LogP contribution is -2.09. The molecule has 0 unspecified atom stereocenters. The van der Waals surface area contributed by atoms with Crippen molar-refractivity contribution in [3.05, 3.63) is 93.1 Å². The van der Waals surface area contributed by atoms with Crippen molar-refractivity contribution in [2.75, 3.05) is 20.8 Å². The number of benzene rings is 3. The van der Waals surface area contributed by atoms with Gasteiger partial charge in [0, 0.05) is 28.5 Å². The molecule has 0 aliphatic rings. The highest BCUT2D eigenvalue weighted by Gasteiger charge is 2.18. The minimum Gasteiger partial charge on any atom is -0.493 e. The van der Waals surface area contributed by atoms with Gasteiger partial charge in [-0.05, 0) is 49.4 Å². The Balaban J connectivity index is 1.54. The molecule has 3 aromatic carbocycles. The van der Waals surface area contributed by atoms with Gasteiger partial charge in [-0.15, -0.1) is 0 Å². The second-order valence-corrected chi connectivity index (χ2v) is 8.15. The third-order valence-electron chi connectivity index (χ3n) is 5.86. The molecule has 192 valence electrons. The summed E-state index contributed by atoms with van der Waals surface area (Å²) in [6.07, 6.45) is 0. The molecule has 5 aromatic rings. The standard InChI is InChI=1S/C29H22O9/c1-4-35-23-7-5-6-16-12-21(29(32)38-27(16)23)20-15-26(30)37-24-14-18(9-10-19(20)24)36-28(31)17-8-11-22(33-2)25(13-17)34-3/h5-15H,4H2,1-3H3. The zero-order valence-electron chi connectivity index (χ0n) is 20.7. The third-order valence-corrected chi connectivity index (χ3v) is 5.86. The van der Waals surface area contributed by atoms with Gasteiger partial charge in [0.25, 0.3) is 0 Å². The second-order valence-electron chi connectivity index (χ2n) is 8.15. The number of methoxy groups -OCH3 is 2. The van der Waals surface area contributed by atoms with Gasteiger partial charge in [-0.1, -0.05) is 12.1 Å². The van der Waals surface area contributed by atoms with Crippen LogP contribution in [0.5, 0.6) is 23.0 Å². The van der Waals surface area contributed by atoms with E-state index in [1.54, 1.807) is 48.5 Å². The summed E-state index contributed by atoms with van der Waals surface area (Å²) in [5, 5.41) is 1.09. The van der Waals surface area contributed by atoms with E-state index in [2.05, 4.69) is 0 Å². The van der Waals surface area contributed by atoms with Crippen LogP contribution in [0.25, 0.3) is 33.1 Å². The van der Waals surface area contributed by atoms with Gasteiger partial charge in [-0.3, -0.25) is 0 Å². The Hall–Kier alpha value is -5.05. The SMILES string of the molecule is CCOc1cccc2cc(-c3cc(=O)oc4cc(OC(=O)c5ccc(OC)c(OC)c5)ccc34)c(=O)oc12. The Kier molecular flexibility index (Phi) is 6.57. The summed E-state index contributed by atoms with van der Waals surface area (Å²) in [6, 6.07) is 17.3. The van der Waals surface area contributed by atoms with Crippen LogP contribution in [-0.2, 0) is 0 Å². The van der Waals surface area contributed by atoms with E-state index in [9.17, 15) is 14.4 Å². The van der Waals surface area contributed by atoms with E-state index in [0.717, 1.165) is 0 Å². The summed E-state index contributed by atoms with van der Waals surface area (Å²) in [5.41, 5.74) is -0.130. The molecule has 0 amide bonds. The molecular weight excluding hydrogens is 492 g/mol. The van der Waals surface area contributed by atoms with Crippen LogP contribution in [0.4, 0.5) is 0 Å². The lowest BCUT2D eigenvalue weighted by Gasteiger charge is -2.11.